The lowest BCUT2D eigenvalue weighted by Gasteiger charge is -2.26. The Balaban J connectivity index is 2.07. The van der Waals surface area contributed by atoms with Crippen molar-refractivity contribution >= 4 is 11.9 Å². The molecule has 1 unspecified atom stereocenters. The molecular weight excluding hydrogens is 333 g/mol. The van der Waals surface area contributed by atoms with E-state index < -0.39 is 5.97 Å². The number of halogens is 1. The molecule has 2 rings (SSSR count). The van der Waals surface area contributed by atoms with Gasteiger partial charge in [0.1, 0.15) is 5.82 Å². The van der Waals surface area contributed by atoms with Gasteiger partial charge in [0, 0.05) is 25.4 Å². The van der Waals surface area contributed by atoms with Crippen molar-refractivity contribution in [3.63, 3.8) is 0 Å². The van der Waals surface area contributed by atoms with Gasteiger partial charge in [-0.1, -0.05) is 55.5 Å². The van der Waals surface area contributed by atoms with Crippen molar-refractivity contribution in [2.45, 2.75) is 32.7 Å². The van der Waals surface area contributed by atoms with E-state index in [4.69, 9.17) is 5.11 Å². The van der Waals surface area contributed by atoms with Gasteiger partial charge in [0.05, 0.1) is 0 Å². The lowest BCUT2D eigenvalue weighted by atomic mass is 9.99. The Labute approximate surface area is 153 Å². The minimum atomic E-state index is -0.878. The van der Waals surface area contributed by atoms with Crippen LogP contribution in [0.2, 0.25) is 0 Å². The highest BCUT2D eigenvalue weighted by molar-refractivity contribution is 5.79. The smallest absolute Gasteiger partial charge is 0.303 e. The Bertz CT molecular complexity index is 733. The number of carboxylic acids is 1. The second kappa shape index (κ2) is 9.70. The molecule has 138 valence electrons. The van der Waals surface area contributed by atoms with E-state index in [0.717, 1.165) is 5.56 Å². The van der Waals surface area contributed by atoms with Gasteiger partial charge in [-0.25, -0.2) is 4.39 Å². The summed E-state index contributed by atoms with van der Waals surface area (Å²) in [7, 11) is 0. The first-order valence-electron chi connectivity index (χ1n) is 8.75. The molecule has 0 aromatic heterocycles. The molecule has 0 spiro atoms. The van der Waals surface area contributed by atoms with Gasteiger partial charge in [-0.2, -0.15) is 0 Å². The van der Waals surface area contributed by atoms with Gasteiger partial charge in [0.2, 0.25) is 5.91 Å². The lowest BCUT2D eigenvalue weighted by molar-refractivity contribution is -0.139. The first-order chi connectivity index (χ1) is 12.5. The van der Waals surface area contributed by atoms with E-state index in [-0.39, 0.29) is 24.1 Å². The third kappa shape index (κ3) is 5.99. The van der Waals surface area contributed by atoms with Gasteiger partial charge >= 0.3 is 5.97 Å². The SMILES string of the molecule is CC(Cc1ccccc1F)C(=O)N(CCCC(=O)O)Cc1ccccc1. The first kappa shape index (κ1) is 19.6. The summed E-state index contributed by atoms with van der Waals surface area (Å²) in [5.74, 6) is -1.67. The maximum atomic E-state index is 13.9. The average molecular weight is 357 g/mol. The van der Waals surface area contributed by atoms with Crippen LogP contribution in [0, 0.1) is 11.7 Å². The molecule has 2 aromatic carbocycles. The fourth-order valence-corrected chi connectivity index (χ4v) is 2.88. The van der Waals surface area contributed by atoms with Crippen LogP contribution in [0.15, 0.2) is 54.6 Å². The second-order valence-corrected chi connectivity index (χ2v) is 6.44. The van der Waals surface area contributed by atoms with E-state index >= 15 is 0 Å². The maximum absolute atomic E-state index is 13.9. The average Bonchev–Trinajstić information content (AvgIpc) is 2.62. The van der Waals surface area contributed by atoms with Gasteiger partial charge in [-0.15, -0.1) is 0 Å². The van der Waals surface area contributed by atoms with Crippen molar-refractivity contribution in [2.75, 3.05) is 6.54 Å². The molecule has 5 heteroatoms. The minimum Gasteiger partial charge on any atom is -0.481 e. The van der Waals surface area contributed by atoms with Crippen LogP contribution in [-0.4, -0.2) is 28.4 Å². The van der Waals surface area contributed by atoms with Crippen LogP contribution in [0.25, 0.3) is 0 Å². The van der Waals surface area contributed by atoms with E-state index in [1.54, 1.807) is 30.0 Å². The molecule has 4 nitrogen and oxygen atoms in total. The molecular formula is C21H24FNO3. The van der Waals surface area contributed by atoms with E-state index in [2.05, 4.69) is 0 Å². The largest absolute Gasteiger partial charge is 0.481 e. The van der Waals surface area contributed by atoms with Gasteiger partial charge in [0.25, 0.3) is 0 Å². The molecule has 1 atom stereocenters. The molecule has 0 aliphatic carbocycles. The predicted octanol–water partition coefficient (Wildman–Crippen LogP) is 3.90. The molecule has 0 aliphatic heterocycles. The summed E-state index contributed by atoms with van der Waals surface area (Å²) >= 11 is 0. The van der Waals surface area contributed by atoms with Crippen molar-refractivity contribution < 1.29 is 19.1 Å². The molecule has 26 heavy (non-hydrogen) atoms. The number of carboxylic acid groups (broad SMARTS) is 1. The minimum absolute atomic E-state index is 0.0142. The summed E-state index contributed by atoms with van der Waals surface area (Å²) in [5, 5.41) is 8.84. The molecule has 1 N–H and O–H groups in total. The van der Waals surface area contributed by atoms with Crippen molar-refractivity contribution in [3.8, 4) is 0 Å². The molecule has 2 aromatic rings. The van der Waals surface area contributed by atoms with Crippen molar-refractivity contribution in [1.29, 1.82) is 0 Å². The molecule has 1 amide bonds. The fraction of sp³-hybridized carbons (Fsp3) is 0.333. The van der Waals surface area contributed by atoms with Crippen molar-refractivity contribution in [3.05, 3.63) is 71.5 Å². The summed E-state index contributed by atoms with van der Waals surface area (Å²) in [5.41, 5.74) is 1.49. The van der Waals surface area contributed by atoms with Crippen LogP contribution in [-0.2, 0) is 22.6 Å². The van der Waals surface area contributed by atoms with Crippen molar-refractivity contribution in [2.24, 2.45) is 5.92 Å². The van der Waals surface area contributed by atoms with Crippen LogP contribution in [0.5, 0.6) is 0 Å². The summed E-state index contributed by atoms with van der Waals surface area (Å²) in [6.45, 7) is 2.56. The normalized spacial score (nSPS) is 11.8. The third-order valence-electron chi connectivity index (χ3n) is 4.25. The Morgan fingerprint density at radius 3 is 2.38 bits per heavy atom. The molecule has 0 heterocycles. The Morgan fingerprint density at radius 2 is 1.73 bits per heavy atom. The van der Waals surface area contributed by atoms with Crippen LogP contribution in [0.3, 0.4) is 0 Å². The standard InChI is InChI=1S/C21H24FNO3/c1-16(14-18-10-5-6-11-19(18)22)21(26)23(13-7-12-20(24)25)15-17-8-3-2-4-9-17/h2-6,8-11,16H,7,12-15H2,1H3,(H,24,25). The monoisotopic (exact) mass is 357 g/mol. The number of aliphatic carboxylic acids is 1. The van der Waals surface area contributed by atoms with Gasteiger partial charge in [-0.05, 0) is 30.0 Å². The zero-order valence-electron chi connectivity index (χ0n) is 14.9. The topological polar surface area (TPSA) is 57.6 Å². The van der Waals surface area contributed by atoms with Crippen LogP contribution >= 0.6 is 0 Å². The fourth-order valence-electron chi connectivity index (χ4n) is 2.88. The third-order valence-corrected chi connectivity index (χ3v) is 4.25. The van der Waals surface area contributed by atoms with Crippen LogP contribution < -0.4 is 0 Å². The number of nitrogens with zero attached hydrogens (tertiary/aromatic N) is 1. The van der Waals surface area contributed by atoms with E-state index in [1.165, 1.54) is 6.07 Å². The van der Waals surface area contributed by atoms with Gasteiger partial charge in [0.15, 0.2) is 0 Å². The first-order valence-corrected chi connectivity index (χ1v) is 8.75. The van der Waals surface area contributed by atoms with Gasteiger partial charge < -0.3 is 10.0 Å². The van der Waals surface area contributed by atoms with Crippen molar-refractivity contribution in [1.82, 2.24) is 4.90 Å². The molecule has 0 radical (unpaired) electrons. The quantitative estimate of drug-likeness (QED) is 0.740. The highest BCUT2D eigenvalue weighted by Gasteiger charge is 2.22. The highest BCUT2D eigenvalue weighted by atomic mass is 19.1. The number of amides is 1. The Morgan fingerprint density at radius 1 is 1.08 bits per heavy atom. The number of benzene rings is 2. The zero-order valence-corrected chi connectivity index (χ0v) is 14.9. The number of carbonyl (C=O) groups is 2. The molecule has 0 aliphatic rings. The number of hydrogen-bond donors (Lipinski definition) is 1. The lowest BCUT2D eigenvalue weighted by Crippen LogP contribution is -2.36. The summed E-state index contributed by atoms with van der Waals surface area (Å²) in [6.07, 6.45) is 0.719. The van der Waals surface area contributed by atoms with E-state index in [0.29, 0.717) is 31.5 Å². The van der Waals surface area contributed by atoms with E-state index in [9.17, 15) is 14.0 Å². The van der Waals surface area contributed by atoms with Gasteiger partial charge in [-0.3, -0.25) is 9.59 Å². The van der Waals surface area contributed by atoms with Crippen LogP contribution in [0.4, 0.5) is 4.39 Å². The highest BCUT2D eigenvalue weighted by Crippen LogP contribution is 2.17. The maximum Gasteiger partial charge on any atom is 0.303 e. The van der Waals surface area contributed by atoms with E-state index in [1.807, 2.05) is 30.3 Å². The summed E-state index contributed by atoms with van der Waals surface area (Å²) < 4.78 is 13.9. The van der Waals surface area contributed by atoms with Crippen LogP contribution in [0.1, 0.15) is 30.9 Å². The number of carbonyl (C=O) groups excluding carboxylic acids is 1. The molecule has 0 saturated heterocycles. The predicted molar refractivity (Wildman–Crippen MR) is 98.0 cm³/mol. The zero-order chi connectivity index (χ0) is 18.9. The number of hydrogen-bond acceptors (Lipinski definition) is 2. The Hall–Kier alpha value is -2.69. The summed E-state index contributed by atoms with van der Waals surface area (Å²) in [6, 6.07) is 16.0. The summed E-state index contributed by atoms with van der Waals surface area (Å²) in [4.78, 5) is 25.3. The molecule has 0 bridgehead atoms. The molecule has 0 saturated carbocycles. The second-order valence-electron chi connectivity index (χ2n) is 6.44. The molecule has 0 fully saturated rings. The Kier molecular flexibility index (Phi) is 7.33. The number of rotatable bonds is 9.